The number of carbonyl (C=O) groups is 1. The van der Waals surface area contributed by atoms with Crippen molar-refractivity contribution in [3.63, 3.8) is 0 Å². The third-order valence-electron chi connectivity index (χ3n) is 3.62. The molecular formula is C15H21ClN2O4S. The van der Waals surface area contributed by atoms with Crippen LogP contribution < -0.4 is 5.32 Å². The highest BCUT2D eigenvalue weighted by molar-refractivity contribution is 7.88. The van der Waals surface area contributed by atoms with Crippen LogP contribution >= 0.6 is 11.6 Å². The van der Waals surface area contributed by atoms with Gasteiger partial charge in [0.1, 0.15) is 6.10 Å². The Morgan fingerprint density at radius 3 is 2.65 bits per heavy atom. The third kappa shape index (κ3) is 5.76. The molecule has 6 nitrogen and oxygen atoms in total. The van der Waals surface area contributed by atoms with Gasteiger partial charge < -0.3 is 10.1 Å². The van der Waals surface area contributed by atoms with Crippen LogP contribution in [0.2, 0.25) is 5.02 Å². The number of nitrogens with one attached hydrogen (secondary N) is 1. The highest BCUT2D eigenvalue weighted by Gasteiger charge is 2.24. The molecule has 0 spiro atoms. The summed E-state index contributed by atoms with van der Waals surface area (Å²) in [5.74, 6) is -0.178. The molecule has 1 atom stereocenters. The van der Waals surface area contributed by atoms with E-state index in [9.17, 15) is 13.2 Å². The van der Waals surface area contributed by atoms with Gasteiger partial charge in [0.15, 0.2) is 0 Å². The van der Waals surface area contributed by atoms with E-state index in [4.69, 9.17) is 16.3 Å². The summed E-state index contributed by atoms with van der Waals surface area (Å²) in [5.41, 5.74) is 0.838. The molecule has 1 aromatic carbocycles. The van der Waals surface area contributed by atoms with Gasteiger partial charge in [-0.05, 0) is 30.5 Å². The largest absolute Gasteiger partial charge is 0.368 e. The molecule has 1 heterocycles. The second kappa shape index (κ2) is 8.10. The second-order valence-electron chi connectivity index (χ2n) is 5.52. The van der Waals surface area contributed by atoms with Crippen molar-refractivity contribution in [2.45, 2.75) is 25.5 Å². The summed E-state index contributed by atoms with van der Waals surface area (Å²) in [5, 5.41) is 3.33. The number of nitrogens with zero attached hydrogens (tertiary/aromatic N) is 1. The van der Waals surface area contributed by atoms with E-state index in [2.05, 4.69) is 5.32 Å². The van der Waals surface area contributed by atoms with E-state index >= 15 is 0 Å². The van der Waals surface area contributed by atoms with Crippen molar-refractivity contribution in [1.82, 2.24) is 9.62 Å². The third-order valence-corrected chi connectivity index (χ3v) is 5.13. The van der Waals surface area contributed by atoms with Crippen LogP contribution in [0, 0.1) is 0 Å². The van der Waals surface area contributed by atoms with E-state index < -0.39 is 16.1 Å². The molecule has 0 radical (unpaired) electrons. The molecule has 0 aromatic heterocycles. The van der Waals surface area contributed by atoms with Crippen LogP contribution in [0.5, 0.6) is 0 Å². The number of carbonyl (C=O) groups excluding carboxylic acids is 1. The van der Waals surface area contributed by atoms with E-state index in [0.29, 0.717) is 18.1 Å². The predicted molar refractivity (Wildman–Crippen MR) is 88.7 cm³/mol. The lowest BCUT2D eigenvalue weighted by Crippen LogP contribution is -2.41. The number of ether oxygens (including phenoxy) is 1. The van der Waals surface area contributed by atoms with Gasteiger partial charge in [-0.1, -0.05) is 23.7 Å². The average molecular weight is 361 g/mol. The second-order valence-corrected chi connectivity index (χ2v) is 7.93. The molecule has 128 valence electrons. The summed E-state index contributed by atoms with van der Waals surface area (Å²) < 4.78 is 30.4. The Morgan fingerprint density at radius 1 is 1.39 bits per heavy atom. The number of sulfonamides is 1. The van der Waals surface area contributed by atoms with Gasteiger partial charge in [0.05, 0.1) is 6.26 Å². The summed E-state index contributed by atoms with van der Waals surface area (Å²) in [4.78, 5) is 11.9. The summed E-state index contributed by atoms with van der Waals surface area (Å²) in [6.07, 6.45) is 2.35. The fourth-order valence-electron chi connectivity index (χ4n) is 2.36. The number of hydrogen-bond donors (Lipinski definition) is 1. The molecule has 1 aliphatic heterocycles. The number of benzene rings is 1. The molecule has 1 aromatic rings. The van der Waals surface area contributed by atoms with Crippen LogP contribution in [0.3, 0.4) is 0 Å². The summed E-state index contributed by atoms with van der Waals surface area (Å²) in [6, 6.07) is 7.00. The van der Waals surface area contributed by atoms with E-state index in [1.54, 1.807) is 24.3 Å². The quantitative estimate of drug-likeness (QED) is 0.797. The zero-order valence-corrected chi connectivity index (χ0v) is 14.6. The molecule has 1 saturated heterocycles. The highest BCUT2D eigenvalue weighted by atomic mass is 35.5. The van der Waals surface area contributed by atoms with Crippen molar-refractivity contribution in [3.8, 4) is 0 Å². The van der Waals surface area contributed by atoms with E-state index in [-0.39, 0.29) is 25.5 Å². The predicted octanol–water partition coefficient (Wildman–Crippen LogP) is 1.40. The molecule has 1 aliphatic rings. The van der Waals surface area contributed by atoms with Gasteiger partial charge in [-0.3, -0.25) is 4.79 Å². The van der Waals surface area contributed by atoms with E-state index in [0.717, 1.165) is 18.2 Å². The van der Waals surface area contributed by atoms with Gasteiger partial charge in [-0.2, -0.15) is 4.31 Å². The molecule has 0 bridgehead atoms. The van der Waals surface area contributed by atoms with Crippen molar-refractivity contribution in [2.75, 3.05) is 26.0 Å². The average Bonchev–Trinajstić information content (AvgIpc) is 3.01. The van der Waals surface area contributed by atoms with Gasteiger partial charge in [-0.15, -0.1) is 0 Å². The topological polar surface area (TPSA) is 75.7 Å². The first kappa shape index (κ1) is 18.2. The van der Waals surface area contributed by atoms with Crippen molar-refractivity contribution in [3.05, 3.63) is 34.9 Å². The van der Waals surface area contributed by atoms with Crippen LogP contribution in [0.25, 0.3) is 0 Å². The lowest BCUT2D eigenvalue weighted by Gasteiger charge is -2.20. The minimum absolute atomic E-state index is 0.178. The molecule has 1 N–H and O–H groups in total. The smallest absolute Gasteiger partial charge is 0.249 e. The Kier molecular flexibility index (Phi) is 6.41. The Morgan fingerprint density at radius 2 is 2.09 bits per heavy atom. The number of hydrogen-bond acceptors (Lipinski definition) is 4. The van der Waals surface area contributed by atoms with Crippen LogP contribution in [0.15, 0.2) is 24.3 Å². The standard InChI is InChI=1S/C15H21ClN2O4S/c1-23(20,21)18(11-12-4-6-13(16)7-5-12)9-8-17-15(19)14-3-2-10-22-14/h4-7,14H,2-3,8-11H2,1H3,(H,17,19). The maximum atomic E-state index is 11.9. The monoisotopic (exact) mass is 360 g/mol. The number of rotatable bonds is 7. The van der Waals surface area contributed by atoms with Crippen LogP contribution in [0.1, 0.15) is 18.4 Å². The van der Waals surface area contributed by atoms with Gasteiger partial charge >= 0.3 is 0 Å². The molecule has 1 fully saturated rings. The fourth-order valence-corrected chi connectivity index (χ4v) is 3.29. The lowest BCUT2D eigenvalue weighted by atomic mass is 10.2. The van der Waals surface area contributed by atoms with Gasteiger partial charge in [0.2, 0.25) is 15.9 Å². The molecular weight excluding hydrogens is 340 g/mol. The van der Waals surface area contributed by atoms with Crippen molar-refractivity contribution >= 4 is 27.5 Å². The highest BCUT2D eigenvalue weighted by Crippen LogP contribution is 2.13. The van der Waals surface area contributed by atoms with Crippen molar-refractivity contribution < 1.29 is 17.9 Å². The van der Waals surface area contributed by atoms with Crippen LogP contribution in [-0.4, -0.2) is 50.7 Å². The van der Waals surface area contributed by atoms with Crippen molar-refractivity contribution in [1.29, 1.82) is 0 Å². The lowest BCUT2D eigenvalue weighted by molar-refractivity contribution is -0.130. The first-order valence-corrected chi connectivity index (χ1v) is 9.68. The Bertz CT molecular complexity index is 627. The minimum Gasteiger partial charge on any atom is -0.368 e. The van der Waals surface area contributed by atoms with Gasteiger partial charge in [0.25, 0.3) is 0 Å². The van der Waals surface area contributed by atoms with Crippen LogP contribution in [0.4, 0.5) is 0 Å². The Hall–Kier alpha value is -1.15. The molecule has 8 heteroatoms. The molecule has 2 rings (SSSR count). The molecule has 1 unspecified atom stereocenters. The molecule has 0 saturated carbocycles. The summed E-state index contributed by atoms with van der Waals surface area (Å²) in [6.45, 7) is 1.30. The SMILES string of the molecule is CS(=O)(=O)N(CCNC(=O)C1CCCO1)Cc1ccc(Cl)cc1. The van der Waals surface area contributed by atoms with Crippen molar-refractivity contribution in [2.24, 2.45) is 0 Å². The molecule has 0 aliphatic carbocycles. The maximum absolute atomic E-state index is 11.9. The zero-order valence-electron chi connectivity index (χ0n) is 13.0. The Labute approximate surface area is 141 Å². The van der Waals surface area contributed by atoms with Crippen LogP contribution in [-0.2, 0) is 26.1 Å². The van der Waals surface area contributed by atoms with E-state index in [1.165, 1.54) is 4.31 Å². The normalized spacial score (nSPS) is 18.3. The first-order valence-electron chi connectivity index (χ1n) is 7.45. The zero-order chi connectivity index (χ0) is 16.9. The summed E-state index contributed by atoms with van der Waals surface area (Å²) in [7, 11) is -3.37. The maximum Gasteiger partial charge on any atom is 0.249 e. The molecule has 1 amide bonds. The van der Waals surface area contributed by atoms with Gasteiger partial charge in [0, 0.05) is 31.3 Å². The Balaban J connectivity index is 1.88. The molecule has 23 heavy (non-hydrogen) atoms. The van der Waals surface area contributed by atoms with Gasteiger partial charge in [-0.25, -0.2) is 8.42 Å². The fraction of sp³-hybridized carbons (Fsp3) is 0.533. The van der Waals surface area contributed by atoms with E-state index in [1.807, 2.05) is 0 Å². The number of halogens is 1. The minimum atomic E-state index is -3.37. The number of amides is 1. The first-order chi connectivity index (χ1) is 10.9. The summed E-state index contributed by atoms with van der Waals surface area (Å²) >= 11 is 5.83.